The Balaban J connectivity index is 1.72. The number of hydrazone groups is 1. The highest BCUT2D eigenvalue weighted by Crippen LogP contribution is 2.28. The number of methoxy groups -OCH3 is 1. The number of benzene rings is 2. The van der Waals surface area contributed by atoms with Gasteiger partial charge in [0.1, 0.15) is 5.75 Å². The zero-order valence-electron chi connectivity index (χ0n) is 13.9. The van der Waals surface area contributed by atoms with Gasteiger partial charge in [0.15, 0.2) is 0 Å². The lowest BCUT2D eigenvalue weighted by Crippen LogP contribution is -1.91. The Kier molecular flexibility index (Phi) is 4.91. The van der Waals surface area contributed by atoms with Crippen molar-refractivity contribution in [1.82, 2.24) is 4.98 Å². The van der Waals surface area contributed by atoms with Crippen molar-refractivity contribution in [2.45, 2.75) is 13.8 Å². The second-order valence-corrected chi connectivity index (χ2v) is 6.36. The van der Waals surface area contributed by atoms with Crippen LogP contribution in [-0.2, 0) is 0 Å². The van der Waals surface area contributed by atoms with E-state index >= 15 is 0 Å². The number of thiazole rings is 1. The van der Waals surface area contributed by atoms with Gasteiger partial charge in [0, 0.05) is 10.9 Å². The van der Waals surface area contributed by atoms with E-state index in [-0.39, 0.29) is 0 Å². The highest BCUT2D eigenvalue weighted by molar-refractivity contribution is 7.14. The van der Waals surface area contributed by atoms with Crippen molar-refractivity contribution in [3.8, 4) is 17.0 Å². The first kappa shape index (κ1) is 16.2. The smallest absolute Gasteiger partial charge is 0.203 e. The van der Waals surface area contributed by atoms with Crippen molar-refractivity contribution in [1.29, 1.82) is 0 Å². The van der Waals surface area contributed by atoms with E-state index in [0.717, 1.165) is 27.7 Å². The first-order chi connectivity index (χ1) is 11.7. The minimum atomic E-state index is 0.769. The van der Waals surface area contributed by atoms with Gasteiger partial charge in [0.25, 0.3) is 0 Å². The quantitative estimate of drug-likeness (QED) is 0.533. The summed E-state index contributed by atoms with van der Waals surface area (Å²) in [5, 5.41) is 7.07. The molecule has 3 aromatic rings. The minimum absolute atomic E-state index is 0.769. The second-order valence-electron chi connectivity index (χ2n) is 5.50. The molecule has 0 bridgehead atoms. The Hall–Kier alpha value is -2.66. The van der Waals surface area contributed by atoms with Crippen LogP contribution in [0.25, 0.3) is 11.3 Å². The molecule has 0 saturated carbocycles. The van der Waals surface area contributed by atoms with Gasteiger partial charge in [-0.25, -0.2) is 4.98 Å². The largest absolute Gasteiger partial charge is 0.497 e. The fraction of sp³-hybridized carbons (Fsp3) is 0.158. The van der Waals surface area contributed by atoms with Crippen LogP contribution in [0, 0.1) is 13.8 Å². The predicted molar refractivity (Wildman–Crippen MR) is 101 cm³/mol. The summed E-state index contributed by atoms with van der Waals surface area (Å²) in [6, 6.07) is 14.1. The average Bonchev–Trinajstić information content (AvgIpc) is 3.06. The van der Waals surface area contributed by atoms with Crippen LogP contribution in [0.2, 0.25) is 0 Å². The molecule has 24 heavy (non-hydrogen) atoms. The topological polar surface area (TPSA) is 46.5 Å². The fourth-order valence-corrected chi connectivity index (χ4v) is 3.00. The van der Waals surface area contributed by atoms with Gasteiger partial charge in [0.05, 0.1) is 19.0 Å². The Morgan fingerprint density at radius 1 is 1.17 bits per heavy atom. The van der Waals surface area contributed by atoms with Crippen LogP contribution in [-0.4, -0.2) is 18.3 Å². The second kappa shape index (κ2) is 7.27. The summed E-state index contributed by atoms with van der Waals surface area (Å²) >= 11 is 1.54. The third-order valence-corrected chi connectivity index (χ3v) is 4.39. The molecule has 4 nitrogen and oxygen atoms in total. The molecule has 0 radical (unpaired) electrons. The van der Waals surface area contributed by atoms with Crippen LogP contribution in [0.5, 0.6) is 5.75 Å². The normalized spacial score (nSPS) is 11.0. The van der Waals surface area contributed by atoms with Crippen LogP contribution in [0.4, 0.5) is 5.13 Å². The number of aromatic nitrogens is 1. The van der Waals surface area contributed by atoms with Gasteiger partial charge in [-0.1, -0.05) is 29.8 Å². The zero-order chi connectivity index (χ0) is 16.9. The molecular weight excluding hydrogens is 318 g/mol. The molecular formula is C19H19N3OS. The number of nitrogens with zero attached hydrogens (tertiary/aromatic N) is 2. The van der Waals surface area contributed by atoms with Crippen molar-refractivity contribution >= 4 is 22.7 Å². The van der Waals surface area contributed by atoms with E-state index in [0.29, 0.717) is 0 Å². The van der Waals surface area contributed by atoms with Crippen molar-refractivity contribution in [3.05, 3.63) is 64.5 Å². The predicted octanol–water partition coefficient (Wildman–Crippen LogP) is 4.88. The fourth-order valence-electron chi connectivity index (χ4n) is 2.34. The Bertz CT molecular complexity index is 871. The molecule has 0 aliphatic carbocycles. The zero-order valence-corrected chi connectivity index (χ0v) is 14.7. The van der Waals surface area contributed by atoms with E-state index in [9.17, 15) is 0 Å². The molecule has 3 rings (SSSR count). The van der Waals surface area contributed by atoms with Gasteiger partial charge in [-0.05, 0) is 43.2 Å². The molecule has 0 fully saturated rings. The standard InChI is InChI=1S/C19H19N3OS/c1-13-7-8-14(2)17(9-13)18-12-24-19(21-18)22-20-11-15-5-4-6-16(10-15)23-3/h4-12H,1-3H3,(H,21,22)/b20-11-. The Labute approximate surface area is 145 Å². The van der Waals surface area contributed by atoms with E-state index in [4.69, 9.17) is 4.74 Å². The van der Waals surface area contributed by atoms with Gasteiger partial charge in [-0.15, -0.1) is 11.3 Å². The molecule has 5 heteroatoms. The maximum Gasteiger partial charge on any atom is 0.203 e. The maximum atomic E-state index is 5.20. The average molecular weight is 337 g/mol. The third-order valence-electron chi connectivity index (χ3n) is 3.64. The lowest BCUT2D eigenvalue weighted by Gasteiger charge is -2.03. The van der Waals surface area contributed by atoms with Crippen molar-refractivity contribution in [2.75, 3.05) is 12.5 Å². The summed E-state index contributed by atoms with van der Waals surface area (Å²) in [6.45, 7) is 4.19. The summed E-state index contributed by atoms with van der Waals surface area (Å²) in [5.74, 6) is 0.811. The number of nitrogens with one attached hydrogen (secondary N) is 1. The Morgan fingerprint density at radius 2 is 2.04 bits per heavy atom. The van der Waals surface area contributed by atoms with E-state index in [2.05, 4.69) is 47.6 Å². The molecule has 2 aromatic carbocycles. The molecule has 0 unspecified atom stereocenters. The molecule has 0 saturated heterocycles. The molecule has 0 aliphatic heterocycles. The monoisotopic (exact) mass is 337 g/mol. The number of rotatable bonds is 5. The molecule has 122 valence electrons. The van der Waals surface area contributed by atoms with Gasteiger partial charge >= 0.3 is 0 Å². The van der Waals surface area contributed by atoms with E-state index in [1.54, 1.807) is 24.7 Å². The molecule has 0 aliphatic rings. The van der Waals surface area contributed by atoms with Crippen LogP contribution in [0.3, 0.4) is 0 Å². The first-order valence-corrected chi connectivity index (χ1v) is 8.50. The highest BCUT2D eigenvalue weighted by Gasteiger charge is 2.07. The number of ether oxygens (including phenoxy) is 1. The van der Waals surface area contributed by atoms with E-state index in [1.807, 2.05) is 29.6 Å². The summed E-state index contributed by atoms with van der Waals surface area (Å²) in [5.41, 5.74) is 8.54. The highest BCUT2D eigenvalue weighted by atomic mass is 32.1. The van der Waals surface area contributed by atoms with E-state index in [1.165, 1.54) is 11.1 Å². The summed E-state index contributed by atoms with van der Waals surface area (Å²) in [4.78, 5) is 4.62. The lowest BCUT2D eigenvalue weighted by atomic mass is 10.0. The van der Waals surface area contributed by atoms with Crippen LogP contribution in [0.15, 0.2) is 52.9 Å². The number of hydrogen-bond donors (Lipinski definition) is 1. The van der Waals surface area contributed by atoms with Crippen LogP contribution in [0.1, 0.15) is 16.7 Å². The number of anilines is 1. The lowest BCUT2D eigenvalue weighted by molar-refractivity contribution is 0.415. The SMILES string of the molecule is COc1cccc(/C=N\Nc2nc(-c3cc(C)ccc3C)cs2)c1. The summed E-state index contributed by atoms with van der Waals surface area (Å²) in [7, 11) is 1.65. The van der Waals surface area contributed by atoms with Crippen LogP contribution < -0.4 is 10.2 Å². The van der Waals surface area contributed by atoms with Gasteiger partial charge in [-0.3, -0.25) is 5.43 Å². The van der Waals surface area contributed by atoms with Crippen molar-refractivity contribution in [2.24, 2.45) is 5.10 Å². The number of aryl methyl sites for hydroxylation is 2. The third kappa shape index (κ3) is 3.81. The van der Waals surface area contributed by atoms with Gasteiger partial charge < -0.3 is 4.74 Å². The summed E-state index contributed by atoms with van der Waals surface area (Å²) in [6.07, 6.45) is 1.75. The van der Waals surface area contributed by atoms with Gasteiger partial charge in [-0.2, -0.15) is 5.10 Å². The molecule has 1 aromatic heterocycles. The van der Waals surface area contributed by atoms with E-state index < -0.39 is 0 Å². The molecule has 1 N–H and O–H groups in total. The molecule has 0 amide bonds. The van der Waals surface area contributed by atoms with Crippen LogP contribution >= 0.6 is 11.3 Å². The van der Waals surface area contributed by atoms with Gasteiger partial charge in [0.2, 0.25) is 5.13 Å². The van der Waals surface area contributed by atoms with Crippen molar-refractivity contribution < 1.29 is 4.74 Å². The summed E-state index contributed by atoms with van der Waals surface area (Å²) < 4.78 is 5.20. The molecule has 1 heterocycles. The molecule has 0 atom stereocenters. The molecule has 0 spiro atoms. The maximum absolute atomic E-state index is 5.20. The number of hydrogen-bond acceptors (Lipinski definition) is 5. The minimum Gasteiger partial charge on any atom is -0.497 e. The van der Waals surface area contributed by atoms with Crippen molar-refractivity contribution in [3.63, 3.8) is 0 Å². The first-order valence-electron chi connectivity index (χ1n) is 7.62. The Morgan fingerprint density at radius 3 is 2.88 bits per heavy atom.